The lowest BCUT2D eigenvalue weighted by atomic mass is 10.1. The molecule has 0 bridgehead atoms. The van der Waals surface area contributed by atoms with Crippen molar-refractivity contribution in [1.29, 1.82) is 0 Å². The summed E-state index contributed by atoms with van der Waals surface area (Å²) in [6, 6.07) is 12.0. The summed E-state index contributed by atoms with van der Waals surface area (Å²) in [5.74, 6) is 1.22. The van der Waals surface area contributed by atoms with E-state index in [2.05, 4.69) is 16.4 Å². The van der Waals surface area contributed by atoms with E-state index >= 15 is 0 Å². The third-order valence-corrected chi connectivity index (χ3v) is 4.38. The molecule has 3 aromatic rings. The van der Waals surface area contributed by atoms with Crippen molar-refractivity contribution in [2.45, 2.75) is 26.8 Å². The van der Waals surface area contributed by atoms with Gasteiger partial charge in [-0.2, -0.15) is 0 Å². The molecule has 0 atom stereocenters. The molecule has 0 aliphatic rings. The summed E-state index contributed by atoms with van der Waals surface area (Å²) >= 11 is 1.57. The number of rotatable bonds is 5. The molecule has 2 heterocycles. The van der Waals surface area contributed by atoms with E-state index in [1.165, 1.54) is 5.56 Å². The van der Waals surface area contributed by atoms with Gasteiger partial charge in [-0.3, -0.25) is 4.79 Å². The van der Waals surface area contributed by atoms with Crippen LogP contribution in [0.1, 0.15) is 22.6 Å². The first kappa shape index (κ1) is 15.5. The average molecular weight is 326 g/mol. The lowest BCUT2D eigenvalue weighted by molar-refractivity contribution is -0.120. The minimum absolute atomic E-state index is 0.0550. The highest BCUT2D eigenvalue weighted by Crippen LogP contribution is 2.26. The Bertz CT molecular complexity index is 806. The van der Waals surface area contributed by atoms with Crippen LogP contribution >= 0.6 is 11.3 Å². The molecular formula is C18H18N2O2S. The van der Waals surface area contributed by atoms with Crippen molar-refractivity contribution in [2.24, 2.45) is 0 Å². The molecule has 0 spiro atoms. The van der Waals surface area contributed by atoms with E-state index in [1.54, 1.807) is 11.3 Å². The van der Waals surface area contributed by atoms with Gasteiger partial charge < -0.3 is 9.73 Å². The lowest BCUT2D eigenvalue weighted by Crippen LogP contribution is -2.25. The molecule has 1 aromatic carbocycles. The van der Waals surface area contributed by atoms with Crippen LogP contribution in [0, 0.1) is 13.8 Å². The summed E-state index contributed by atoms with van der Waals surface area (Å²) in [4.78, 5) is 17.5. The minimum Gasteiger partial charge on any atom is -0.440 e. The third-order valence-electron chi connectivity index (χ3n) is 3.52. The fraction of sp³-hybridized carbons (Fsp3) is 0.222. The van der Waals surface area contributed by atoms with Crippen LogP contribution in [0.15, 0.2) is 46.2 Å². The second-order valence-electron chi connectivity index (χ2n) is 5.44. The molecule has 0 aliphatic heterocycles. The quantitative estimate of drug-likeness (QED) is 0.774. The Morgan fingerprint density at radius 3 is 2.87 bits per heavy atom. The molecular weight excluding hydrogens is 308 g/mol. The van der Waals surface area contributed by atoms with E-state index in [0.29, 0.717) is 23.9 Å². The summed E-state index contributed by atoms with van der Waals surface area (Å²) in [6.07, 6.45) is 0.229. The molecule has 4 nitrogen and oxygen atoms in total. The largest absolute Gasteiger partial charge is 0.440 e. The zero-order valence-electron chi connectivity index (χ0n) is 13.1. The lowest BCUT2D eigenvalue weighted by Gasteiger charge is -2.05. The van der Waals surface area contributed by atoms with Gasteiger partial charge >= 0.3 is 0 Å². The van der Waals surface area contributed by atoms with Gasteiger partial charge in [-0.05, 0) is 30.9 Å². The maximum atomic E-state index is 12.1. The summed E-state index contributed by atoms with van der Waals surface area (Å²) in [7, 11) is 0. The molecule has 0 saturated heterocycles. The molecule has 3 rings (SSSR count). The Kier molecular flexibility index (Phi) is 4.57. The highest BCUT2D eigenvalue weighted by molar-refractivity contribution is 7.13. The SMILES string of the molecule is Cc1cccc(CNC(=O)Cc2nc(-c3cccs3)oc2C)c1. The van der Waals surface area contributed by atoms with Crippen LogP contribution in [0.25, 0.3) is 10.8 Å². The highest BCUT2D eigenvalue weighted by Gasteiger charge is 2.15. The second-order valence-corrected chi connectivity index (χ2v) is 6.39. The van der Waals surface area contributed by atoms with Gasteiger partial charge in [0.15, 0.2) is 0 Å². The maximum absolute atomic E-state index is 12.1. The summed E-state index contributed by atoms with van der Waals surface area (Å²) in [6.45, 7) is 4.40. The van der Waals surface area contributed by atoms with Gasteiger partial charge in [0.05, 0.1) is 17.0 Å². The zero-order chi connectivity index (χ0) is 16.2. The molecule has 0 saturated carbocycles. The van der Waals surface area contributed by atoms with Crippen LogP contribution in [-0.4, -0.2) is 10.9 Å². The minimum atomic E-state index is -0.0550. The van der Waals surface area contributed by atoms with Gasteiger partial charge in [0.2, 0.25) is 11.8 Å². The number of amides is 1. The molecule has 5 heteroatoms. The van der Waals surface area contributed by atoms with Gasteiger partial charge in [-0.25, -0.2) is 4.98 Å². The Labute approximate surface area is 139 Å². The normalized spacial score (nSPS) is 10.7. The summed E-state index contributed by atoms with van der Waals surface area (Å²) in [5.41, 5.74) is 2.97. The molecule has 0 fully saturated rings. The van der Waals surface area contributed by atoms with Gasteiger partial charge in [0.1, 0.15) is 5.76 Å². The predicted octanol–water partition coefficient (Wildman–Crippen LogP) is 3.88. The molecule has 23 heavy (non-hydrogen) atoms. The number of hydrogen-bond donors (Lipinski definition) is 1. The standard InChI is InChI=1S/C18H18N2O2S/c1-12-5-3-6-14(9-12)11-19-17(21)10-15-13(2)22-18(20-15)16-7-4-8-23-16/h3-9H,10-11H2,1-2H3,(H,19,21). The van der Waals surface area contributed by atoms with Crippen LogP contribution < -0.4 is 5.32 Å². The number of aromatic nitrogens is 1. The van der Waals surface area contributed by atoms with Gasteiger partial charge in [0, 0.05) is 6.54 Å². The van der Waals surface area contributed by atoms with Crippen LogP contribution in [0.5, 0.6) is 0 Å². The Hall–Kier alpha value is -2.40. The molecule has 0 aliphatic carbocycles. The molecule has 1 N–H and O–H groups in total. The highest BCUT2D eigenvalue weighted by atomic mass is 32.1. The molecule has 0 unspecified atom stereocenters. The fourth-order valence-electron chi connectivity index (χ4n) is 2.34. The smallest absolute Gasteiger partial charge is 0.236 e. The Morgan fingerprint density at radius 2 is 2.13 bits per heavy atom. The van der Waals surface area contributed by atoms with Crippen LogP contribution in [0.4, 0.5) is 0 Å². The third kappa shape index (κ3) is 3.87. The first-order valence-corrected chi connectivity index (χ1v) is 8.32. The maximum Gasteiger partial charge on any atom is 0.236 e. The van der Waals surface area contributed by atoms with E-state index in [1.807, 2.05) is 49.6 Å². The van der Waals surface area contributed by atoms with Crippen LogP contribution in [0.3, 0.4) is 0 Å². The molecule has 0 radical (unpaired) electrons. The van der Waals surface area contributed by atoms with Crippen molar-refractivity contribution >= 4 is 17.2 Å². The second kappa shape index (κ2) is 6.79. The fourth-order valence-corrected chi connectivity index (χ4v) is 2.98. The first-order valence-electron chi connectivity index (χ1n) is 7.44. The van der Waals surface area contributed by atoms with Crippen molar-refractivity contribution in [1.82, 2.24) is 10.3 Å². The summed E-state index contributed by atoms with van der Waals surface area (Å²) in [5, 5.41) is 4.90. The van der Waals surface area contributed by atoms with Crippen molar-refractivity contribution < 1.29 is 9.21 Å². The van der Waals surface area contributed by atoms with E-state index in [4.69, 9.17) is 4.42 Å². The first-order chi connectivity index (χ1) is 11.1. The van der Waals surface area contributed by atoms with Crippen molar-refractivity contribution in [3.63, 3.8) is 0 Å². The average Bonchev–Trinajstić information content (AvgIpc) is 3.16. The number of nitrogens with zero attached hydrogens (tertiary/aromatic N) is 1. The van der Waals surface area contributed by atoms with E-state index in [9.17, 15) is 4.79 Å². The number of carbonyl (C=O) groups is 1. The van der Waals surface area contributed by atoms with Crippen LogP contribution in [-0.2, 0) is 17.8 Å². The molecule has 2 aromatic heterocycles. The van der Waals surface area contributed by atoms with Gasteiger partial charge in [-0.15, -0.1) is 11.3 Å². The Morgan fingerprint density at radius 1 is 1.26 bits per heavy atom. The predicted molar refractivity (Wildman–Crippen MR) is 91.3 cm³/mol. The summed E-state index contributed by atoms with van der Waals surface area (Å²) < 4.78 is 5.66. The Balaban J connectivity index is 1.62. The van der Waals surface area contributed by atoms with E-state index in [0.717, 1.165) is 10.4 Å². The number of nitrogens with one attached hydrogen (secondary N) is 1. The zero-order valence-corrected chi connectivity index (χ0v) is 13.9. The van der Waals surface area contributed by atoms with Gasteiger partial charge in [0.25, 0.3) is 0 Å². The van der Waals surface area contributed by atoms with E-state index < -0.39 is 0 Å². The van der Waals surface area contributed by atoms with E-state index in [-0.39, 0.29) is 12.3 Å². The van der Waals surface area contributed by atoms with Crippen molar-refractivity contribution in [3.8, 4) is 10.8 Å². The molecule has 118 valence electrons. The molecule has 1 amide bonds. The van der Waals surface area contributed by atoms with Crippen LogP contribution in [0.2, 0.25) is 0 Å². The van der Waals surface area contributed by atoms with Gasteiger partial charge in [-0.1, -0.05) is 35.9 Å². The monoisotopic (exact) mass is 326 g/mol. The number of thiophene rings is 1. The number of carbonyl (C=O) groups excluding carboxylic acids is 1. The number of hydrogen-bond acceptors (Lipinski definition) is 4. The number of benzene rings is 1. The number of aryl methyl sites for hydroxylation is 2. The van der Waals surface area contributed by atoms with Crippen molar-refractivity contribution in [2.75, 3.05) is 0 Å². The number of oxazole rings is 1. The topological polar surface area (TPSA) is 55.1 Å². The van der Waals surface area contributed by atoms with Crippen molar-refractivity contribution in [3.05, 3.63) is 64.4 Å².